The Labute approximate surface area is 130 Å². The minimum Gasteiger partial charge on any atom is -0.379 e. The Kier molecular flexibility index (Phi) is 4.48. The van der Waals surface area contributed by atoms with Gasteiger partial charge in [0.25, 0.3) is 0 Å². The summed E-state index contributed by atoms with van der Waals surface area (Å²) in [5.41, 5.74) is 0.703. The lowest BCUT2D eigenvalue weighted by Crippen LogP contribution is -2.43. The van der Waals surface area contributed by atoms with Crippen molar-refractivity contribution in [2.75, 3.05) is 39.4 Å². The molecule has 1 aromatic carbocycles. The molecule has 4 nitrogen and oxygen atoms in total. The summed E-state index contributed by atoms with van der Waals surface area (Å²) in [5, 5.41) is 3.78. The standard InChI is InChI=1S/C16H21ClN2O2/c17-14-3-1-2-13(12-14)16(4-5-16)15(20)18-6-7-19-8-10-21-11-9-19/h1-3,12H,4-11H2,(H,18,20). The van der Waals surface area contributed by atoms with E-state index >= 15 is 0 Å². The van der Waals surface area contributed by atoms with Gasteiger partial charge in [0.15, 0.2) is 0 Å². The van der Waals surface area contributed by atoms with Gasteiger partial charge in [-0.05, 0) is 30.5 Å². The zero-order valence-electron chi connectivity index (χ0n) is 12.1. The van der Waals surface area contributed by atoms with Crippen LogP contribution in [0.1, 0.15) is 18.4 Å². The van der Waals surface area contributed by atoms with Gasteiger partial charge in [-0.25, -0.2) is 0 Å². The lowest BCUT2D eigenvalue weighted by Gasteiger charge is -2.27. The third-order valence-electron chi connectivity index (χ3n) is 4.38. The number of carbonyl (C=O) groups is 1. The second kappa shape index (κ2) is 6.34. The Morgan fingerprint density at radius 3 is 2.76 bits per heavy atom. The monoisotopic (exact) mass is 308 g/mol. The van der Waals surface area contributed by atoms with E-state index in [1.54, 1.807) is 0 Å². The largest absolute Gasteiger partial charge is 0.379 e. The Bertz CT molecular complexity index is 511. The number of carbonyl (C=O) groups excluding carboxylic acids is 1. The minimum atomic E-state index is -0.337. The molecule has 1 saturated carbocycles. The number of rotatable bonds is 5. The van der Waals surface area contributed by atoms with Crippen molar-refractivity contribution in [1.82, 2.24) is 10.2 Å². The van der Waals surface area contributed by atoms with Gasteiger partial charge in [-0.3, -0.25) is 9.69 Å². The van der Waals surface area contributed by atoms with E-state index in [9.17, 15) is 4.79 Å². The summed E-state index contributed by atoms with van der Waals surface area (Å²) in [4.78, 5) is 14.8. The highest BCUT2D eigenvalue weighted by Crippen LogP contribution is 2.48. The zero-order chi connectivity index (χ0) is 14.7. The normalized spacial score (nSPS) is 21.0. The maximum Gasteiger partial charge on any atom is 0.230 e. The topological polar surface area (TPSA) is 41.6 Å². The summed E-state index contributed by atoms with van der Waals surface area (Å²) in [6, 6.07) is 7.67. The third kappa shape index (κ3) is 3.39. The van der Waals surface area contributed by atoms with Gasteiger partial charge in [0.05, 0.1) is 18.6 Å². The fourth-order valence-electron chi connectivity index (χ4n) is 2.88. The fraction of sp³-hybridized carbons (Fsp3) is 0.562. The van der Waals surface area contributed by atoms with Crippen LogP contribution in [-0.4, -0.2) is 50.2 Å². The first kappa shape index (κ1) is 14.8. The molecule has 21 heavy (non-hydrogen) atoms. The lowest BCUT2D eigenvalue weighted by molar-refractivity contribution is -0.123. The Balaban J connectivity index is 1.53. The second-order valence-corrected chi connectivity index (χ2v) is 6.24. The molecule has 1 aliphatic heterocycles. The molecule has 0 unspecified atom stereocenters. The summed E-state index contributed by atoms with van der Waals surface area (Å²) >= 11 is 6.04. The van der Waals surface area contributed by atoms with Crippen molar-refractivity contribution in [3.05, 3.63) is 34.9 Å². The van der Waals surface area contributed by atoms with Gasteiger partial charge in [0.2, 0.25) is 5.91 Å². The van der Waals surface area contributed by atoms with E-state index in [1.807, 2.05) is 24.3 Å². The van der Waals surface area contributed by atoms with Crippen LogP contribution in [0.5, 0.6) is 0 Å². The predicted molar refractivity (Wildman–Crippen MR) is 82.6 cm³/mol. The summed E-state index contributed by atoms with van der Waals surface area (Å²) in [5.74, 6) is 0.137. The van der Waals surface area contributed by atoms with Crippen LogP contribution in [0.2, 0.25) is 5.02 Å². The Morgan fingerprint density at radius 2 is 2.10 bits per heavy atom. The van der Waals surface area contributed by atoms with Gasteiger partial charge >= 0.3 is 0 Å². The molecule has 0 bridgehead atoms. The number of nitrogens with zero attached hydrogens (tertiary/aromatic N) is 1. The molecule has 114 valence electrons. The molecule has 3 rings (SSSR count). The van der Waals surface area contributed by atoms with Crippen molar-refractivity contribution < 1.29 is 9.53 Å². The van der Waals surface area contributed by atoms with Crippen LogP contribution in [0.3, 0.4) is 0 Å². The molecular weight excluding hydrogens is 288 g/mol. The molecule has 1 aliphatic carbocycles. The fourth-order valence-corrected chi connectivity index (χ4v) is 3.07. The van der Waals surface area contributed by atoms with E-state index < -0.39 is 0 Å². The number of ether oxygens (including phenoxy) is 1. The summed E-state index contributed by atoms with van der Waals surface area (Å²) in [7, 11) is 0. The molecule has 0 atom stereocenters. The van der Waals surface area contributed by atoms with E-state index in [1.165, 1.54) is 0 Å². The molecule has 0 spiro atoms. The molecule has 2 fully saturated rings. The van der Waals surface area contributed by atoms with Gasteiger partial charge in [-0.1, -0.05) is 23.7 Å². The van der Waals surface area contributed by atoms with E-state index in [0.717, 1.165) is 51.3 Å². The van der Waals surface area contributed by atoms with Crippen LogP contribution < -0.4 is 5.32 Å². The summed E-state index contributed by atoms with van der Waals surface area (Å²) in [6.07, 6.45) is 1.83. The molecule has 1 amide bonds. The lowest BCUT2D eigenvalue weighted by atomic mass is 9.95. The molecule has 5 heteroatoms. The average Bonchev–Trinajstić information content (AvgIpc) is 3.30. The van der Waals surface area contributed by atoms with Crippen molar-refractivity contribution in [1.29, 1.82) is 0 Å². The third-order valence-corrected chi connectivity index (χ3v) is 4.61. The van der Waals surface area contributed by atoms with E-state index in [-0.39, 0.29) is 11.3 Å². The number of halogens is 1. The number of amides is 1. The van der Waals surface area contributed by atoms with Crippen LogP contribution in [0, 0.1) is 0 Å². The van der Waals surface area contributed by atoms with Gasteiger partial charge in [0.1, 0.15) is 0 Å². The maximum absolute atomic E-state index is 12.5. The first-order chi connectivity index (χ1) is 10.2. The number of nitrogens with one attached hydrogen (secondary N) is 1. The highest BCUT2D eigenvalue weighted by Gasteiger charge is 2.51. The molecule has 2 aliphatic rings. The number of hydrogen-bond acceptors (Lipinski definition) is 3. The Hall–Kier alpha value is -1.10. The maximum atomic E-state index is 12.5. The van der Waals surface area contributed by atoms with Gasteiger partial charge in [-0.15, -0.1) is 0 Å². The molecule has 0 aromatic heterocycles. The van der Waals surface area contributed by atoms with Crippen LogP contribution in [0.4, 0.5) is 0 Å². The van der Waals surface area contributed by atoms with E-state index in [0.29, 0.717) is 11.6 Å². The smallest absolute Gasteiger partial charge is 0.230 e. The highest BCUT2D eigenvalue weighted by atomic mass is 35.5. The number of benzene rings is 1. The van der Waals surface area contributed by atoms with Crippen molar-refractivity contribution in [3.8, 4) is 0 Å². The van der Waals surface area contributed by atoms with Crippen molar-refractivity contribution in [2.24, 2.45) is 0 Å². The molecule has 1 aromatic rings. The Morgan fingerprint density at radius 1 is 1.33 bits per heavy atom. The number of morpholine rings is 1. The first-order valence-electron chi connectivity index (χ1n) is 7.55. The molecular formula is C16H21ClN2O2. The molecule has 1 heterocycles. The van der Waals surface area contributed by atoms with E-state index in [2.05, 4.69) is 10.2 Å². The first-order valence-corrected chi connectivity index (χ1v) is 7.93. The average molecular weight is 309 g/mol. The van der Waals surface area contributed by atoms with Crippen LogP contribution in [0.25, 0.3) is 0 Å². The van der Waals surface area contributed by atoms with Crippen molar-refractivity contribution in [2.45, 2.75) is 18.3 Å². The zero-order valence-corrected chi connectivity index (χ0v) is 12.9. The molecule has 1 saturated heterocycles. The van der Waals surface area contributed by atoms with Crippen molar-refractivity contribution >= 4 is 17.5 Å². The summed E-state index contributed by atoms with van der Waals surface area (Å²) < 4.78 is 5.32. The molecule has 0 radical (unpaired) electrons. The van der Waals surface area contributed by atoms with Gasteiger partial charge < -0.3 is 10.1 Å². The highest BCUT2D eigenvalue weighted by molar-refractivity contribution is 6.30. The van der Waals surface area contributed by atoms with Crippen LogP contribution >= 0.6 is 11.6 Å². The van der Waals surface area contributed by atoms with Crippen molar-refractivity contribution in [3.63, 3.8) is 0 Å². The van der Waals surface area contributed by atoms with E-state index in [4.69, 9.17) is 16.3 Å². The van der Waals surface area contributed by atoms with Gasteiger partial charge in [0, 0.05) is 31.2 Å². The molecule has 1 N–H and O–H groups in total. The van der Waals surface area contributed by atoms with Crippen LogP contribution in [-0.2, 0) is 14.9 Å². The second-order valence-electron chi connectivity index (χ2n) is 5.80. The van der Waals surface area contributed by atoms with Gasteiger partial charge in [-0.2, -0.15) is 0 Å². The predicted octanol–water partition coefficient (Wildman–Crippen LogP) is 1.82. The quantitative estimate of drug-likeness (QED) is 0.902. The number of hydrogen-bond donors (Lipinski definition) is 1. The SMILES string of the molecule is O=C(NCCN1CCOCC1)C1(c2cccc(Cl)c2)CC1. The van der Waals surface area contributed by atoms with Crippen LogP contribution in [0.15, 0.2) is 24.3 Å². The summed E-state index contributed by atoms with van der Waals surface area (Å²) in [6.45, 7) is 5.08. The minimum absolute atomic E-state index is 0.137.